The molecule has 128 valence electrons. The Morgan fingerprint density at radius 3 is 2.46 bits per heavy atom. The highest BCUT2D eigenvalue weighted by Crippen LogP contribution is 2.36. The summed E-state index contributed by atoms with van der Waals surface area (Å²) in [6.45, 7) is 0.902. The Bertz CT molecular complexity index is 730. The van der Waals surface area contributed by atoms with Gasteiger partial charge in [0.1, 0.15) is 0 Å². The van der Waals surface area contributed by atoms with E-state index in [0.29, 0.717) is 5.75 Å². The molecule has 2 N–H and O–H groups in total. The van der Waals surface area contributed by atoms with Crippen molar-refractivity contribution in [2.75, 3.05) is 27.9 Å². The summed E-state index contributed by atoms with van der Waals surface area (Å²) >= 11 is 0. The van der Waals surface area contributed by atoms with Crippen molar-refractivity contribution in [1.82, 2.24) is 5.32 Å². The second kappa shape index (κ2) is 7.01. The zero-order valence-corrected chi connectivity index (χ0v) is 14.3. The smallest absolute Gasteiger partial charge is 0.160 e. The van der Waals surface area contributed by atoms with E-state index in [2.05, 4.69) is 5.32 Å². The van der Waals surface area contributed by atoms with E-state index in [0.717, 1.165) is 42.0 Å². The van der Waals surface area contributed by atoms with Crippen LogP contribution in [0.1, 0.15) is 22.7 Å². The first-order valence-electron chi connectivity index (χ1n) is 8.00. The van der Waals surface area contributed by atoms with Gasteiger partial charge in [0, 0.05) is 6.04 Å². The lowest BCUT2D eigenvalue weighted by Crippen LogP contribution is -2.31. The van der Waals surface area contributed by atoms with Gasteiger partial charge >= 0.3 is 0 Å². The Kier molecular flexibility index (Phi) is 4.81. The van der Waals surface area contributed by atoms with Gasteiger partial charge in [0.2, 0.25) is 0 Å². The highest BCUT2D eigenvalue weighted by molar-refractivity contribution is 5.49. The molecule has 1 heterocycles. The molecule has 5 nitrogen and oxygen atoms in total. The first kappa shape index (κ1) is 16.5. The van der Waals surface area contributed by atoms with Crippen LogP contribution in [-0.4, -0.2) is 33.0 Å². The molecule has 1 aliphatic heterocycles. The standard InChI is InChI=1S/C19H23NO4/c1-22-17-5-4-12(9-19(17)24-3)8-15-14-11-16(21)18(23-2)10-13(14)6-7-20-15/h4-5,9-11,15,20-21H,6-8H2,1-3H3. The van der Waals surface area contributed by atoms with E-state index >= 15 is 0 Å². The average Bonchev–Trinajstić information content (AvgIpc) is 2.61. The van der Waals surface area contributed by atoms with E-state index in [9.17, 15) is 5.11 Å². The summed E-state index contributed by atoms with van der Waals surface area (Å²) in [5.41, 5.74) is 3.48. The first-order chi connectivity index (χ1) is 11.7. The monoisotopic (exact) mass is 329 g/mol. The summed E-state index contributed by atoms with van der Waals surface area (Å²) in [5, 5.41) is 13.6. The number of aromatic hydroxyl groups is 1. The molecule has 0 saturated heterocycles. The minimum absolute atomic E-state index is 0.142. The molecule has 1 atom stereocenters. The van der Waals surface area contributed by atoms with E-state index in [4.69, 9.17) is 14.2 Å². The minimum Gasteiger partial charge on any atom is -0.504 e. The number of nitrogens with one attached hydrogen (secondary N) is 1. The van der Waals surface area contributed by atoms with Crippen LogP contribution in [0.2, 0.25) is 0 Å². The SMILES string of the molecule is COc1cc2c(cc1O)C(Cc1ccc(OC)c(OC)c1)NCC2. The molecule has 0 fully saturated rings. The highest BCUT2D eigenvalue weighted by atomic mass is 16.5. The molecule has 0 aliphatic carbocycles. The van der Waals surface area contributed by atoms with E-state index in [1.165, 1.54) is 5.56 Å². The van der Waals surface area contributed by atoms with Gasteiger partial charge in [-0.3, -0.25) is 0 Å². The van der Waals surface area contributed by atoms with E-state index in [-0.39, 0.29) is 11.8 Å². The number of phenols is 1. The molecular weight excluding hydrogens is 306 g/mol. The fourth-order valence-corrected chi connectivity index (χ4v) is 3.25. The van der Waals surface area contributed by atoms with Gasteiger partial charge in [-0.1, -0.05) is 6.07 Å². The second-order valence-corrected chi connectivity index (χ2v) is 5.87. The van der Waals surface area contributed by atoms with Crippen LogP contribution in [0, 0.1) is 0 Å². The second-order valence-electron chi connectivity index (χ2n) is 5.87. The van der Waals surface area contributed by atoms with Gasteiger partial charge < -0.3 is 24.6 Å². The van der Waals surface area contributed by atoms with Gasteiger partial charge in [-0.25, -0.2) is 0 Å². The van der Waals surface area contributed by atoms with Crippen molar-refractivity contribution in [2.24, 2.45) is 0 Å². The number of fused-ring (bicyclic) bond motifs is 1. The van der Waals surface area contributed by atoms with Gasteiger partial charge in [0.05, 0.1) is 21.3 Å². The maximum absolute atomic E-state index is 10.1. The molecule has 0 bridgehead atoms. The summed E-state index contributed by atoms with van der Waals surface area (Å²) in [6, 6.07) is 9.85. The number of rotatable bonds is 5. The predicted molar refractivity (Wildman–Crippen MR) is 92.4 cm³/mol. The Morgan fingerprint density at radius 2 is 1.75 bits per heavy atom. The summed E-state index contributed by atoms with van der Waals surface area (Å²) in [5.74, 6) is 2.15. The Labute approximate surface area is 142 Å². The molecule has 24 heavy (non-hydrogen) atoms. The number of methoxy groups -OCH3 is 3. The van der Waals surface area contributed by atoms with Crippen LogP contribution in [0.15, 0.2) is 30.3 Å². The summed E-state index contributed by atoms with van der Waals surface area (Å²) < 4.78 is 15.9. The average molecular weight is 329 g/mol. The van der Waals surface area contributed by atoms with Crippen LogP contribution >= 0.6 is 0 Å². The van der Waals surface area contributed by atoms with Crippen molar-refractivity contribution in [3.8, 4) is 23.0 Å². The Morgan fingerprint density at radius 1 is 1.00 bits per heavy atom. The Balaban J connectivity index is 1.89. The topological polar surface area (TPSA) is 60.0 Å². The third kappa shape index (κ3) is 3.12. The number of ether oxygens (including phenoxy) is 3. The normalized spacial score (nSPS) is 16.4. The van der Waals surface area contributed by atoms with Crippen LogP contribution in [0.25, 0.3) is 0 Å². The number of phenolic OH excluding ortho intramolecular Hbond substituents is 1. The van der Waals surface area contributed by atoms with Gasteiger partial charge in [-0.05, 0) is 60.3 Å². The van der Waals surface area contributed by atoms with Crippen LogP contribution in [0.5, 0.6) is 23.0 Å². The number of benzene rings is 2. The summed E-state index contributed by atoms with van der Waals surface area (Å²) in [7, 11) is 4.84. The lowest BCUT2D eigenvalue weighted by Gasteiger charge is -2.28. The van der Waals surface area contributed by atoms with Crippen molar-refractivity contribution in [3.05, 3.63) is 47.0 Å². The van der Waals surface area contributed by atoms with Crippen molar-refractivity contribution in [2.45, 2.75) is 18.9 Å². The third-order valence-corrected chi connectivity index (χ3v) is 4.49. The van der Waals surface area contributed by atoms with E-state index < -0.39 is 0 Å². The van der Waals surface area contributed by atoms with Crippen molar-refractivity contribution in [1.29, 1.82) is 0 Å². The lowest BCUT2D eigenvalue weighted by atomic mass is 9.90. The van der Waals surface area contributed by atoms with E-state index in [1.807, 2.05) is 30.3 Å². The Hall–Kier alpha value is -2.40. The predicted octanol–water partition coefficient (Wildman–Crippen LogP) is 2.85. The maximum Gasteiger partial charge on any atom is 0.160 e. The van der Waals surface area contributed by atoms with Crippen LogP contribution in [0.3, 0.4) is 0 Å². The summed E-state index contributed by atoms with van der Waals surface area (Å²) in [6.07, 6.45) is 1.73. The molecule has 0 aromatic heterocycles. The van der Waals surface area contributed by atoms with Crippen molar-refractivity contribution < 1.29 is 19.3 Å². The van der Waals surface area contributed by atoms with Crippen molar-refractivity contribution in [3.63, 3.8) is 0 Å². The third-order valence-electron chi connectivity index (χ3n) is 4.49. The fourth-order valence-electron chi connectivity index (χ4n) is 3.25. The molecule has 1 unspecified atom stereocenters. The number of hydrogen-bond donors (Lipinski definition) is 2. The zero-order valence-electron chi connectivity index (χ0n) is 14.3. The molecule has 2 aromatic carbocycles. The molecule has 0 radical (unpaired) electrons. The highest BCUT2D eigenvalue weighted by Gasteiger charge is 2.22. The fraction of sp³-hybridized carbons (Fsp3) is 0.368. The minimum atomic E-state index is 0.142. The van der Waals surface area contributed by atoms with Gasteiger partial charge in [-0.2, -0.15) is 0 Å². The molecule has 0 saturated carbocycles. The molecular formula is C19H23NO4. The van der Waals surface area contributed by atoms with Gasteiger partial charge in [-0.15, -0.1) is 0 Å². The largest absolute Gasteiger partial charge is 0.504 e. The van der Waals surface area contributed by atoms with Crippen molar-refractivity contribution >= 4 is 0 Å². The molecule has 3 rings (SSSR count). The molecule has 0 spiro atoms. The molecule has 1 aliphatic rings. The van der Waals surface area contributed by atoms with Crippen LogP contribution < -0.4 is 19.5 Å². The summed E-state index contributed by atoms with van der Waals surface area (Å²) in [4.78, 5) is 0. The van der Waals surface area contributed by atoms with E-state index in [1.54, 1.807) is 21.3 Å². The zero-order chi connectivity index (χ0) is 17.1. The van der Waals surface area contributed by atoms with Gasteiger partial charge in [0.15, 0.2) is 23.0 Å². The quantitative estimate of drug-likeness (QED) is 0.883. The van der Waals surface area contributed by atoms with Crippen LogP contribution in [0.4, 0.5) is 0 Å². The van der Waals surface area contributed by atoms with Crippen LogP contribution in [-0.2, 0) is 12.8 Å². The van der Waals surface area contributed by atoms with Gasteiger partial charge in [0.25, 0.3) is 0 Å². The molecule has 5 heteroatoms. The molecule has 0 amide bonds. The number of hydrogen-bond acceptors (Lipinski definition) is 5. The molecule has 2 aromatic rings. The first-order valence-corrected chi connectivity index (χ1v) is 8.00. The maximum atomic E-state index is 10.1. The lowest BCUT2D eigenvalue weighted by molar-refractivity contribution is 0.354.